The maximum Gasteiger partial charge on any atom is 0.255 e. The standard InChI is InChI=1S/C20H27ClN2O2/c1-3-7-20(18(22)4-2)8-5-14(12-20)25-17-10-13-6-9-23-19(24)15(13)11-16(17)21/h6,9-11,14,18H,3-5,7-8,12,22H2,1-2H3,(H,23,24). The third-order valence-electron chi connectivity index (χ3n) is 5.69. The number of aromatic amines is 1. The van der Waals surface area contributed by atoms with Gasteiger partial charge in [0.15, 0.2) is 0 Å². The van der Waals surface area contributed by atoms with Crippen LogP contribution in [0.5, 0.6) is 5.75 Å². The van der Waals surface area contributed by atoms with Crippen molar-refractivity contribution in [2.24, 2.45) is 11.1 Å². The van der Waals surface area contributed by atoms with Crippen LogP contribution in [0, 0.1) is 5.41 Å². The van der Waals surface area contributed by atoms with E-state index in [0.717, 1.165) is 43.9 Å². The van der Waals surface area contributed by atoms with Crippen molar-refractivity contribution < 1.29 is 4.74 Å². The van der Waals surface area contributed by atoms with Crippen LogP contribution in [-0.2, 0) is 0 Å². The Balaban J connectivity index is 1.82. The first-order valence-electron chi connectivity index (χ1n) is 9.22. The number of benzene rings is 1. The molecular weight excluding hydrogens is 336 g/mol. The molecule has 0 radical (unpaired) electrons. The molecule has 0 bridgehead atoms. The number of H-pyrrole nitrogens is 1. The molecule has 3 N–H and O–H groups in total. The quantitative estimate of drug-likeness (QED) is 0.786. The number of fused-ring (bicyclic) bond motifs is 1. The van der Waals surface area contributed by atoms with Gasteiger partial charge in [0.2, 0.25) is 0 Å². The fourth-order valence-corrected chi connectivity index (χ4v) is 4.55. The van der Waals surface area contributed by atoms with Gasteiger partial charge in [0.05, 0.1) is 11.1 Å². The highest BCUT2D eigenvalue weighted by Gasteiger charge is 2.43. The first-order valence-corrected chi connectivity index (χ1v) is 9.60. The largest absolute Gasteiger partial charge is 0.489 e. The smallest absolute Gasteiger partial charge is 0.255 e. The monoisotopic (exact) mass is 362 g/mol. The number of pyridine rings is 1. The van der Waals surface area contributed by atoms with Crippen molar-refractivity contribution in [2.75, 3.05) is 0 Å². The van der Waals surface area contributed by atoms with E-state index >= 15 is 0 Å². The number of halogens is 1. The lowest BCUT2D eigenvalue weighted by Crippen LogP contribution is -2.40. The molecule has 0 spiro atoms. The van der Waals surface area contributed by atoms with Crippen molar-refractivity contribution >= 4 is 22.4 Å². The molecule has 5 heteroatoms. The molecule has 0 amide bonds. The lowest BCUT2D eigenvalue weighted by molar-refractivity contribution is 0.152. The Hall–Kier alpha value is -1.52. The zero-order valence-electron chi connectivity index (χ0n) is 15.0. The Labute approximate surface area is 153 Å². The SMILES string of the molecule is CCCC1(C(N)CC)CCC(Oc2cc3cc[nH]c(=O)c3cc2Cl)C1. The number of hydrogen-bond acceptors (Lipinski definition) is 3. The van der Waals surface area contributed by atoms with Crippen LogP contribution in [0.1, 0.15) is 52.4 Å². The fourth-order valence-electron chi connectivity index (χ4n) is 4.35. The molecule has 1 aliphatic carbocycles. The predicted molar refractivity (Wildman–Crippen MR) is 103 cm³/mol. The van der Waals surface area contributed by atoms with Crippen molar-refractivity contribution in [3.63, 3.8) is 0 Å². The molecule has 1 heterocycles. The Morgan fingerprint density at radius 2 is 2.24 bits per heavy atom. The van der Waals surface area contributed by atoms with Gasteiger partial charge < -0.3 is 15.5 Å². The molecule has 25 heavy (non-hydrogen) atoms. The second-order valence-electron chi connectivity index (χ2n) is 7.29. The zero-order valence-corrected chi connectivity index (χ0v) is 15.7. The van der Waals surface area contributed by atoms with Crippen LogP contribution >= 0.6 is 11.6 Å². The Kier molecular flexibility index (Phi) is 5.40. The number of ether oxygens (including phenoxy) is 1. The molecule has 3 atom stereocenters. The van der Waals surface area contributed by atoms with Gasteiger partial charge in [0.1, 0.15) is 5.75 Å². The molecule has 1 aliphatic rings. The lowest BCUT2D eigenvalue weighted by atomic mass is 9.74. The van der Waals surface area contributed by atoms with Crippen molar-refractivity contribution in [1.82, 2.24) is 4.98 Å². The summed E-state index contributed by atoms with van der Waals surface area (Å²) >= 11 is 6.37. The van der Waals surface area contributed by atoms with Gasteiger partial charge in [-0.2, -0.15) is 0 Å². The molecule has 3 rings (SSSR count). The van der Waals surface area contributed by atoms with Gasteiger partial charge >= 0.3 is 0 Å². The van der Waals surface area contributed by atoms with E-state index in [2.05, 4.69) is 18.8 Å². The van der Waals surface area contributed by atoms with Gasteiger partial charge in [-0.15, -0.1) is 0 Å². The summed E-state index contributed by atoms with van der Waals surface area (Å²) in [5.74, 6) is 0.655. The van der Waals surface area contributed by atoms with E-state index < -0.39 is 0 Å². The van der Waals surface area contributed by atoms with Crippen molar-refractivity contribution in [1.29, 1.82) is 0 Å². The molecule has 2 aromatic rings. The second-order valence-corrected chi connectivity index (χ2v) is 7.69. The van der Waals surface area contributed by atoms with Crippen molar-refractivity contribution in [3.05, 3.63) is 39.8 Å². The minimum absolute atomic E-state index is 0.126. The van der Waals surface area contributed by atoms with Crippen LogP contribution in [0.3, 0.4) is 0 Å². The van der Waals surface area contributed by atoms with Gasteiger partial charge in [-0.25, -0.2) is 0 Å². The summed E-state index contributed by atoms with van der Waals surface area (Å²) in [5.41, 5.74) is 6.49. The summed E-state index contributed by atoms with van der Waals surface area (Å²) < 4.78 is 6.25. The lowest BCUT2D eigenvalue weighted by Gasteiger charge is -2.35. The zero-order chi connectivity index (χ0) is 18.0. The van der Waals surface area contributed by atoms with Gasteiger partial charge in [0.25, 0.3) is 5.56 Å². The first-order chi connectivity index (χ1) is 12.0. The fraction of sp³-hybridized carbons (Fsp3) is 0.550. The number of nitrogens with one attached hydrogen (secondary N) is 1. The number of rotatable bonds is 6. The Morgan fingerprint density at radius 3 is 2.96 bits per heavy atom. The Morgan fingerprint density at radius 1 is 1.44 bits per heavy atom. The number of aromatic nitrogens is 1. The molecule has 1 fully saturated rings. The maximum atomic E-state index is 11.9. The molecule has 136 valence electrons. The molecule has 4 nitrogen and oxygen atoms in total. The highest BCUT2D eigenvalue weighted by atomic mass is 35.5. The first kappa shape index (κ1) is 18.3. The molecule has 1 aromatic heterocycles. The van der Waals surface area contributed by atoms with Crippen LogP contribution in [0.25, 0.3) is 10.8 Å². The van der Waals surface area contributed by atoms with Crippen LogP contribution in [0.2, 0.25) is 5.02 Å². The normalized spacial score (nSPS) is 24.6. The molecule has 1 aromatic carbocycles. The molecule has 0 aliphatic heterocycles. The van der Waals surface area contributed by atoms with Crippen LogP contribution in [-0.4, -0.2) is 17.1 Å². The number of hydrogen-bond donors (Lipinski definition) is 2. The van der Waals surface area contributed by atoms with Crippen LogP contribution < -0.4 is 16.0 Å². The summed E-state index contributed by atoms with van der Waals surface area (Å²) in [6.45, 7) is 4.38. The van der Waals surface area contributed by atoms with Gasteiger partial charge in [0, 0.05) is 17.6 Å². The van der Waals surface area contributed by atoms with E-state index in [0.29, 0.717) is 16.2 Å². The Bertz CT molecular complexity index is 804. The molecule has 1 saturated carbocycles. The summed E-state index contributed by atoms with van der Waals surface area (Å²) in [5, 5.41) is 1.91. The summed E-state index contributed by atoms with van der Waals surface area (Å²) in [6, 6.07) is 5.64. The highest BCUT2D eigenvalue weighted by molar-refractivity contribution is 6.32. The van der Waals surface area contributed by atoms with E-state index in [1.165, 1.54) is 0 Å². The molecular formula is C20H27ClN2O2. The second kappa shape index (κ2) is 7.38. The van der Waals surface area contributed by atoms with Gasteiger partial charge in [-0.3, -0.25) is 4.79 Å². The van der Waals surface area contributed by atoms with E-state index in [4.69, 9.17) is 22.1 Å². The van der Waals surface area contributed by atoms with Crippen molar-refractivity contribution in [3.8, 4) is 5.75 Å². The third-order valence-corrected chi connectivity index (χ3v) is 5.99. The average Bonchev–Trinajstić information content (AvgIpc) is 3.00. The van der Waals surface area contributed by atoms with Crippen LogP contribution in [0.4, 0.5) is 0 Å². The summed E-state index contributed by atoms with van der Waals surface area (Å²) in [6.07, 6.45) is 8.11. The van der Waals surface area contributed by atoms with E-state index in [1.807, 2.05) is 12.1 Å². The average molecular weight is 363 g/mol. The minimum Gasteiger partial charge on any atom is -0.489 e. The van der Waals surface area contributed by atoms with E-state index in [1.54, 1.807) is 12.3 Å². The topological polar surface area (TPSA) is 68.1 Å². The van der Waals surface area contributed by atoms with Crippen LogP contribution in [0.15, 0.2) is 29.2 Å². The van der Waals surface area contributed by atoms with Gasteiger partial charge in [-0.1, -0.05) is 31.9 Å². The maximum absolute atomic E-state index is 11.9. The van der Waals surface area contributed by atoms with Crippen molar-refractivity contribution in [2.45, 2.75) is 64.5 Å². The minimum atomic E-state index is -0.136. The predicted octanol–water partition coefficient (Wildman–Crippen LogP) is 4.64. The number of nitrogens with two attached hydrogens (primary N) is 1. The van der Waals surface area contributed by atoms with E-state index in [-0.39, 0.29) is 23.1 Å². The van der Waals surface area contributed by atoms with E-state index in [9.17, 15) is 4.79 Å². The summed E-state index contributed by atoms with van der Waals surface area (Å²) in [7, 11) is 0. The highest BCUT2D eigenvalue weighted by Crippen LogP contribution is 2.46. The van der Waals surface area contributed by atoms with Gasteiger partial charge in [-0.05, 0) is 61.1 Å². The summed E-state index contributed by atoms with van der Waals surface area (Å²) in [4.78, 5) is 14.6. The third kappa shape index (κ3) is 3.56. The molecule has 0 saturated heterocycles. The molecule has 3 unspecified atom stereocenters.